The van der Waals surface area contributed by atoms with E-state index in [0.717, 1.165) is 23.0 Å². The molecule has 0 saturated heterocycles. The highest BCUT2D eigenvalue weighted by Gasteiger charge is 2.13. The molecule has 1 amide bonds. The van der Waals surface area contributed by atoms with Crippen LogP contribution in [-0.4, -0.2) is 20.0 Å². The molecule has 0 aliphatic carbocycles. The van der Waals surface area contributed by atoms with E-state index >= 15 is 0 Å². The Kier molecular flexibility index (Phi) is 4.97. The van der Waals surface area contributed by atoms with Crippen molar-refractivity contribution in [3.8, 4) is 0 Å². The van der Waals surface area contributed by atoms with Gasteiger partial charge < -0.3 is 5.32 Å². The first-order valence-corrected chi connectivity index (χ1v) is 8.50. The summed E-state index contributed by atoms with van der Waals surface area (Å²) in [6.07, 6.45) is 2.81. The Morgan fingerprint density at radius 2 is 1.76 bits per heavy atom. The predicted molar refractivity (Wildman–Crippen MR) is 98.7 cm³/mol. The van der Waals surface area contributed by atoms with Crippen LogP contribution in [0.15, 0.2) is 47.4 Å². The number of amides is 1. The number of para-hydroxylation sites is 2. The zero-order valence-corrected chi connectivity index (χ0v) is 14.5. The molecule has 6 nitrogen and oxygen atoms in total. The highest BCUT2D eigenvalue weighted by Crippen LogP contribution is 2.14. The van der Waals surface area contributed by atoms with Crippen molar-refractivity contribution >= 4 is 22.8 Å². The lowest BCUT2D eigenvalue weighted by Gasteiger charge is -2.06. The summed E-state index contributed by atoms with van der Waals surface area (Å²) in [5.74, 6) is 0.368. The minimum atomic E-state index is -0.157. The second-order valence-electron chi connectivity index (χ2n) is 6.09. The fourth-order valence-corrected chi connectivity index (χ4v) is 2.89. The number of benzene rings is 1. The van der Waals surface area contributed by atoms with Crippen LogP contribution in [0.3, 0.4) is 0 Å². The van der Waals surface area contributed by atoms with Gasteiger partial charge in [-0.1, -0.05) is 25.1 Å². The fraction of sp³-hybridized carbons (Fsp3) is 0.316. The van der Waals surface area contributed by atoms with Crippen molar-refractivity contribution in [1.29, 1.82) is 0 Å². The number of aromatic nitrogens is 3. The Morgan fingerprint density at radius 1 is 1.08 bits per heavy atom. The molecule has 130 valence electrons. The largest absolute Gasteiger partial charge is 0.329 e. The Hall–Kier alpha value is -2.89. The maximum absolute atomic E-state index is 12.7. The van der Waals surface area contributed by atoms with Crippen LogP contribution in [0.5, 0.6) is 0 Å². The lowest BCUT2D eigenvalue weighted by Crippen LogP contribution is -2.26. The van der Waals surface area contributed by atoms with E-state index in [9.17, 15) is 9.59 Å². The average Bonchev–Trinajstić information content (AvgIpc) is 2.88. The lowest BCUT2D eigenvalue weighted by molar-refractivity contribution is -0.116. The molecule has 0 aliphatic rings. The second-order valence-corrected chi connectivity index (χ2v) is 6.09. The maximum Gasteiger partial charge on any atom is 0.329 e. The molecule has 0 fully saturated rings. The van der Waals surface area contributed by atoms with Gasteiger partial charge in [-0.05, 0) is 37.1 Å². The molecule has 0 unspecified atom stereocenters. The first-order valence-electron chi connectivity index (χ1n) is 8.50. The monoisotopic (exact) mass is 338 g/mol. The van der Waals surface area contributed by atoms with Gasteiger partial charge in [0.1, 0.15) is 5.82 Å². The van der Waals surface area contributed by atoms with Gasteiger partial charge in [0.25, 0.3) is 0 Å². The summed E-state index contributed by atoms with van der Waals surface area (Å²) in [5, 5.41) is 2.77. The summed E-state index contributed by atoms with van der Waals surface area (Å²) in [6.45, 7) is 5.00. The smallest absolute Gasteiger partial charge is 0.311 e. The number of fused-ring (bicyclic) bond motifs is 1. The molecular formula is C19H22N4O2. The van der Waals surface area contributed by atoms with E-state index in [0.29, 0.717) is 18.9 Å². The number of anilines is 1. The number of hydrogen-bond acceptors (Lipinski definition) is 3. The van der Waals surface area contributed by atoms with Crippen molar-refractivity contribution in [3.05, 3.63) is 58.6 Å². The van der Waals surface area contributed by atoms with Crippen LogP contribution in [0.25, 0.3) is 11.0 Å². The summed E-state index contributed by atoms with van der Waals surface area (Å²) < 4.78 is 3.45. The van der Waals surface area contributed by atoms with Crippen molar-refractivity contribution < 1.29 is 4.79 Å². The lowest BCUT2D eigenvalue weighted by atomic mass is 10.3. The molecule has 0 spiro atoms. The molecule has 3 rings (SSSR count). The molecule has 1 N–H and O–H groups in total. The van der Waals surface area contributed by atoms with Crippen LogP contribution in [0.2, 0.25) is 0 Å². The molecule has 3 aromatic rings. The third kappa shape index (κ3) is 3.63. The molecule has 25 heavy (non-hydrogen) atoms. The van der Waals surface area contributed by atoms with Crippen LogP contribution in [0.4, 0.5) is 5.82 Å². The minimum absolute atomic E-state index is 0.0655. The van der Waals surface area contributed by atoms with Crippen molar-refractivity contribution in [3.63, 3.8) is 0 Å². The number of nitrogens with one attached hydrogen (secondary N) is 1. The zero-order chi connectivity index (χ0) is 17.8. The van der Waals surface area contributed by atoms with E-state index in [2.05, 4.69) is 10.3 Å². The normalized spacial score (nSPS) is 11.0. The number of carbonyl (C=O) groups is 1. The number of imidazole rings is 1. The standard InChI is InChI=1S/C19H22N4O2/c1-3-11-22-15-6-4-5-7-16(15)23(19(22)25)12-10-18(24)21-17-9-8-14(2)13-20-17/h4-9,13H,3,10-12H2,1-2H3,(H,20,21,24). The number of rotatable bonds is 6. The number of pyridine rings is 1. The summed E-state index contributed by atoms with van der Waals surface area (Å²) in [5.41, 5.74) is 2.75. The minimum Gasteiger partial charge on any atom is -0.311 e. The second kappa shape index (κ2) is 7.34. The fourth-order valence-electron chi connectivity index (χ4n) is 2.89. The Balaban J connectivity index is 1.76. The van der Waals surface area contributed by atoms with Gasteiger partial charge in [-0.3, -0.25) is 13.9 Å². The number of carbonyl (C=O) groups excluding carboxylic acids is 1. The van der Waals surface area contributed by atoms with Gasteiger partial charge in [-0.2, -0.15) is 0 Å². The SMILES string of the molecule is CCCn1c(=O)n(CCC(=O)Nc2ccc(C)cn2)c2ccccc21. The Labute approximate surface area is 146 Å². The number of nitrogens with zero attached hydrogens (tertiary/aromatic N) is 3. The molecule has 6 heteroatoms. The van der Waals surface area contributed by atoms with Crippen molar-refractivity contribution in [2.75, 3.05) is 5.32 Å². The van der Waals surface area contributed by atoms with Crippen LogP contribution in [-0.2, 0) is 17.9 Å². The predicted octanol–water partition coefficient (Wildman–Crippen LogP) is 2.95. The van der Waals surface area contributed by atoms with Crippen molar-refractivity contribution in [2.45, 2.75) is 39.8 Å². The maximum atomic E-state index is 12.7. The van der Waals surface area contributed by atoms with Crippen LogP contribution in [0.1, 0.15) is 25.3 Å². The molecule has 0 bridgehead atoms. The quantitative estimate of drug-likeness (QED) is 0.751. The third-order valence-electron chi connectivity index (χ3n) is 4.11. The molecular weight excluding hydrogens is 316 g/mol. The first-order chi connectivity index (χ1) is 12.1. The molecule has 0 atom stereocenters. The van der Waals surface area contributed by atoms with Gasteiger partial charge in [0.2, 0.25) is 5.91 Å². The van der Waals surface area contributed by atoms with Gasteiger partial charge in [0, 0.05) is 25.7 Å². The van der Waals surface area contributed by atoms with Crippen LogP contribution >= 0.6 is 0 Å². The van der Waals surface area contributed by atoms with Gasteiger partial charge in [-0.25, -0.2) is 9.78 Å². The molecule has 0 saturated carbocycles. The summed E-state index contributed by atoms with van der Waals surface area (Å²) in [6, 6.07) is 11.4. The van der Waals surface area contributed by atoms with Crippen LogP contribution in [0, 0.1) is 6.92 Å². The molecule has 1 aromatic carbocycles. The van der Waals surface area contributed by atoms with Gasteiger partial charge in [-0.15, -0.1) is 0 Å². The number of hydrogen-bond donors (Lipinski definition) is 1. The summed E-state index contributed by atoms with van der Waals surface area (Å²) in [7, 11) is 0. The van der Waals surface area contributed by atoms with Crippen LogP contribution < -0.4 is 11.0 Å². The van der Waals surface area contributed by atoms with E-state index in [1.807, 2.05) is 44.2 Å². The van der Waals surface area contributed by atoms with Gasteiger partial charge in [0.15, 0.2) is 0 Å². The third-order valence-corrected chi connectivity index (χ3v) is 4.11. The number of aryl methyl sites for hydroxylation is 3. The van der Waals surface area contributed by atoms with Gasteiger partial charge >= 0.3 is 5.69 Å². The Morgan fingerprint density at radius 3 is 2.36 bits per heavy atom. The molecule has 0 radical (unpaired) electrons. The Bertz CT molecular complexity index is 938. The van der Waals surface area contributed by atoms with E-state index < -0.39 is 0 Å². The van der Waals surface area contributed by atoms with Crippen molar-refractivity contribution in [1.82, 2.24) is 14.1 Å². The van der Waals surface area contributed by atoms with E-state index in [-0.39, 0.29) is 18.0 Å². The molecule has 2 heterocycles. The van der Waals surface area contributed by atoms with E-state index in [1.54, 1.807) is 21.4 Å². The molecule has 2 aromatic heterocycles. The van der Waals surface area contributed by atoms with E-state index in [4.69, 9.17) is 0 Å². The van der Waals surface area contributed by atoms with Crippen molar-refractivity contribution in [2.24, 2.45) is 0 Å². The van der Waals surface area contributed by atoms with Gasteiger partial charge in [0.05, 0.1) is 11.0 Å². The first kappa shape index (κ1) is 17.0. The highest BCUT2D eigenvalue weighted by atomic mass is 16.2. The zero-order valence-electron chi connectivity index (χ0n) is 14.5. The topological polar surface area (TPSA) is 68.9 Å². The summed E-state index contributed by atoms with van der Waals surface area (Å²) in [4.78, 5) is 29.0. The molecule has 0 aliphatic heterocycles. The van der Waals surface area contributed by atoms with E-state index in [1.165, 1.54) is 0 Å². The average molecular weight is 338 g/mol. The highest BCUT2D eigenvalue weighted by molar-refractivity contribution is 5.89. The summed E-state index contributed by atoms with van der Waals surface area (Å²) >= 11 is 0.